The predicted molar refractivity (Wildman–Crippen MR) is 165 cm³/mol. The van der Waals surface area contributed by atoms with Gasteiger partial charge in [-0.2, -0.15) is 0 Å². The molecule has 3 atom stereocenters. The SMILES string of the molecule is COC(=O)[C@H](CC(C)C)NC(=O)[C@H](Cc1ccccc1)NC(=O)[C@@H](NC(=O)C(=O)c1ccccc1NC(C)=O)C(C)C.Cl. The van der Waals surface area contributed by atoms with E-state index in [2.05, 4.69) is 21.3 Å². The van der Waals surface area contributed by atoms with E-state index >= 15 is 0 Å². The van der Waals surface area contributed by atoms with Gasteiger partial charge in [0.1, 0.15) is 18.1 Å². The second-order valence-corrected chi connectivity index (χ2v) is 10.7. The second kappa shape index (κ2) is 17.6. The summed E-state index contributed by atoms with van der Waals surface area (Å²) < 4.78 is 4.85. The molecule has 0 fully saturated rings. The van der Waals surface area contributed by atoms with Crippen molar-refractivity contribution in [1.82, 2.24) is 16.0 Å². The highest BCUT2D eigenvalue weighted by molar-refractivity contribution is 6.44. The van der Waals surface area contributed by atoms with Crippen molar-refractivity contribution in [3.05, 3.63) is 65.7 Å². The lowest BCUT2D eigenvalue weighted by Gasteiger charge is -2.27. The summed E-state index contributed by atoms with van der Waals surface area (Å²) in [6.45, 7) is 8.44. The van der Waals surface area contributed by atoms with Gasteiger partial charge in [0.25, 0.3) is 11.7 Å². The summed E-state index contributed by atoms with van der Waals surface area (Å²) in [5.74, 6) is -4.68. The zero-order valence-electron chi connectivity index (χ0n) is 25.3. The number of rotatable bonds is 14. The molecule has 0 heterocycles. The molecule has 0 aliphatic heterocycles. The molecule has 0 saturated carbocycles. The van der Waals surface area contributed by atoms with Crippen LogP contribution in [-0.4, -0.2) is 60.6 Å². The van der Waals surface area contributed by atoms with Crippen LogP contribution >= 0.6 is 12.4 Å². The molecule has 0 radical (unpaired) electrons. The molecule has 2 aromatic rings. The summed E-state index contributed by atoms with van der Waals surface area (Å²) in [6, 6.07) is 11.8. The minimum absolute atomic E-state index is 0. The molecular weight excluding hydrogens is 576 g/mol. The van der Waals surface area contributed by atoms with E-state index in [9.17, 15) is 28.8 Å². The lowest BCUT2D eigenvalue weighted by atomic mass is 9.99. The van der Waals surface area contributed by atoms with E-state index in [1.807, 2.05) is 19.9 Å². The number of carbonyl (C=O) groups is 6. The topological polar surface area (TPSA) is 160 Å². The number of anilines is 1. The van der Waals surface area contributed by atoms with Crippen LogP contribution in [0.25, 0.3) is 0 Å². The summed E-state index contributed by atoms with van der Waals surface area (Å²) in [7, 11) is 1.23. The Labute approximate surface area is 258 Å². The van der Waals surface area contributed by atoms with E-state index in [1.54, 1.807) is 50.2 Å². The summed E-state index contributed by atoms with van der Waals surface area (Å²) in [6.07, 6.45) is 0.437. The lowest BCUT2D eigenvalue weighted by Crippen LogP contribution is -2.58. The van der Waals surface area contributed by atoms with E-state index in [4.69, 9.17) is 4.74 Å². The molecule has 234 valence electrons. The molecule has 0 unspecified atom stereocenters. The van der Waals surface area contributed by atoms with Gasteiger partial charge in [0, 0.05) is 13.3 Å². The molecule has 4 N–H and O–H groups in total. The maximum atomic E-state index is 13.5. The molecule has 0 bridgehead atoms. The number of para-hydroxylation sites is 1. The third-order valence-corrected chi connectivity index (χ3v) is 6.35. The summed E-state index contributed by atoms with van der Waals surface area (Å²) >= 11 is 0. The van der Waals surface area contributed by atoms with Crippen molar-refractivity contribution < 1.29 is 33.5 Å². The Kier molecular flexibility index (Phi) is 15.1. The quantitative estimate of drug-likeness (QED) is 0.144. The number of methoxy groups -OCH3 is 1. The van der Waals surface area contributed by atoms with E-state index < -0.39 is 59.4 Å². The smallest absolute Gasteiger partial charge is 0.328 e. The number of ether oxygens (including phenoxy) is 1. The first kappa shape index (κ1) is 36.8. The fourth-order valence-electron chi connectivity index (χ4n) is 4.26. The van der Waals surface area contributed by atoms with Gasteiger partial charge < -0.3 is 26.0 Å². The van der Waals surface area contributed by atoms with Crippen LogP contribution in [0.5, 0.6) is 0 Å². The first-order chi connectivity index (χ1) is 19.8. The Bertz CT molecular complexity index is 1280. The first-order valence-electron chi connectivity index (χ1n) is 13.8. The molecular formula is C31H41ClN4O7. The van der Waals surface area contributed by atoms with Crippen molar-refractivity contribution in [2.45, 2.75) is 65.6 Å². The summed E-state index contributed by atoms with van der Waals surface area (Å²) in [5, 5.41) is 10.4. The predicted octanol–water partition coefficient (Wildman–Crippen LogP) is 2.82. The number of Topliss-reactive ketones (excluding diaryl/α,β-unsaturated/α-hetero) is 1. The lowest BCUT2D eigenvalue weighted by molar-refractivity contribution is -0.146. The van der Waals surface area contributed by atoms with Gasteiger partial charge in [0.05, 0.1) is 18.4 Å². The van der Waals surface area contributed by atoms with E-state index in [-0.39, 0.29) is 36.0 Å². The number of halogens is 1. The molecule has 43 heavy (non-hydrogen) atoms. The average molecular weight is 617 g/mol. The van der Waals surface area contributed by atoms with Gasteiger partial charge in [0.2, 0.25) is 17.7 Å². The molecule has 0 aromatic heterocycles. The van der Waals surface area contributed by atoms with Crippen LogP contribution in [0.3, 0.4) is 0 Å². The molecule has 0 aliphatic rings. The Morgan fingerprint density at radius 1 is 0.767 bits per heavy atom. The van der Waals surface area contributed by atoms with Crippen LogP contribution < -0.4 is 21.3 Å². The largest absolute Gasteiger partial charge is 0.467 e. The highest BCUT2D eigenvalue weighted by Crippen LogP contribution is 2.16. The van der Waals surface area contributed by atoms with Crippen LogP contribution in [0.4, 0.5) is 5.69 Å². The highest BCUT2D eigenvalue weighted by atomic mass is 35.5. The van der Waals surface area contributed by atoms with Gasteiger partial charge >= 0.3 is 5.97 Å². The number of ketones is 1. The Morgan fingerprint density at radius 2 is 1.35 bits per heavy atom. The molecule has 11 nitrogen and oxygen atoms in total. The zero-order valence-corrected chi connectivity index (χ0v) is 26.1. The molecule has 4 amide bonds. The zero-order chi connectivity index (χ0) is 31.4. The Morgan fingerprint density at radius 3 is 1.91 bits per heavy atom. The van der Waals surface area contributed by atoms with E-state index in [0.717, 1.165) is 5.56 Å². The van der Waals surface area contributed by atoms with Gasteiger partial charge in [-0.15, -0.1) is 12.4 Å². The number of nitrogens with one attached hydrogen (secondary N) is 4. The van der Waals surface area contributed by atoms with Gasteiger partial charge in [-0.1, -0.05) is 70.2 Å². The standard InChI is InChI=1S/C31H40N4O7.ClH/c1-18(2)16-25(31(41)42-6)34-28(38)24(17-21-12-8-7-9-13-21)33-29(39)26(19(3)4)35-30(40)27(37)22-14-10-11-15-23(22)32-20(5)36;/h7-15,18-19,24-26H,16-17H2,1-6H3,(H,32,36)(H,33,39)(H,34,38)(H,35,40);1H/t24-,25-,26-;/m0./s1. The number of esters is 1. The van der Waals surface area contributed by atoms with Gasteiger partial charge in [0.15, 0.2) is 0 Å². The molecule has 2 rings (SSSR count). The molecule has 0 spiro atoms. The normalized spacial score (nSPS) is 12.7. The summed E-state index contributed by atoms with van der Waals surface area (Å²) in [4.78, 5) is 76.8. The molecule has 2 aromatic carbocycles. The third kappa shape index (κ3) is 11.5. The molecule has 12 heteroatoms. The molecule has 0 aliphatic carbocycles. The minimum atomic E-state index is -1.17. The second-order valence-electron chi connectivity index (χ2n) is 10.7. The fourth-order valence-corrected chi connectivity index (χ4v) is 4.26. The molecule has 0 saturated heterocycles. The maximum absolute atomic E-state index is 13.5. The van der Waals surface area contributed by atoms with Crippen LogP contribution in [0.15, 0.2) is 54.6 Å². The average Bonchev–Trinajstić information content (AvgIpc) is 2.94. The third-order valence-electron chi connectivity index (χ3n) is 6.35. The van der Waals surface area contributed by atoms with Crippen molar-refractivity contribution in [1.29, 1.82) is 0 Å². The van der Waals surface area contributed by atoms with Crippen LogP contribution in [0.1, 0.15) is 57.0 Å². The number of carbonyl (C=O) groups excluding carboxylic acids is 6. The minimum Gasteiger partial charge on any atom is -0.467 e. The van der Waals surface area contributed by atoms with Crippen molar-refractivity contribution in [3.63, 3.8) is 0 Å². The monoisotopic (exact) mass is 616 g/mol. The van der Waals surface area contributed by atoms with E-state index in [1.165, 1.54) is 26.2 Å². The van der Waals surface area contributed by atoms with Gasteiger partial charge in [-0.05, 0) is 36.0 Å². The number of amides is 4. The van der Waals surface area contributed by atoms with Crippen LogP contribution in [0, 0.1) is 11.8 Å². The number of hydrogen-bond acceptors (Lipinski definition) is 7. The summed E-state index contributed by atoms with van der Waals surface area (Å²) in [5.41, 5.74) is 0.886. The fraction of sp³-hybridized carbons (Fsp3) is 0.419. The number of hydrogen-bond donors (Lipinski definition) is 4. The van der Waals surface area contributed by atoms with Gasteiger partial charge in [-0.25, -0.2) is 4.79 Å². The van der Waals surface area contributed by atoms with Crippen LogP contribution in [-0.2, 0) is 35.1 Å². The van der Waals surface area contributed by atoms with Crippen molar-refractivity contribution in [3.8, 4) is 0 Å². The Hall–Kier alpha value is -4.25. The van der Waals surface area contributed by atoms with Crippen molar-refractivity contribution in [2.24, 2.45) is 11.8 Å². The number of benzene rings is 2. The van der Waals surface area contributed by atoms with Crippen molar-refractivity contribution >= 4 is 53.5 Å². The van der Waals surface area contributed by atoms with Crippen LogP contribution in [0.2, 0.25) is 0 Å². The maximum Gasteiger partial charge on any atom is 0.328 e. The van der Waals surface area contributed by atoms with Crippen molar-refractivity contribution in [2.75, 3.05) is 12.4 Å². The van der Waals surface area contributed by atoms with E-state index in [0.29, 0.717) is 6.42 Å². The van der Waals surface area contributed by atoms with Gasteiger partial charge in [-0.3, -0.25) is 24.0 Å². The highest BCUT2D eigenvalue weighted by Gasteiger charge is 2.33. The Balaban J connectivity index is 0.00000924. The first-order valence-corrected chi connectivity index (χ1v) is 13.8.